The Labute approximate surface area is 286 Å². The van der Waals surface area contributed by atoms with Crippen molar-refractivity contribution in [1.82, 2.24) is 0 Å². The molecule has 10 rings (SSSR count). The normalized spacial score (nSPS) is 14.8. The van der Waals surface area contributed by atoms with Gasteiger partial charge in [-0.25, -0.2) is 0 Å². The van der Waals surface area contributed by atoms with Gasteiger partial charge in [0.15, 0.2) is 5.58 Å². The molecule has 7 aromatic carbocycles. The number of nitrogens with zero attached hydrogens (tertiary/aromatic N) is 1. The Morgan fingerprint density at radius 3 is 1.78 bits per heavy atom. The summed E-state index contributed by atoms with van der Waals surface area (Å²) in [6.07, 6.45) is 0. The van der Waals surface area contributed by atoms with Gasteiger partial charge in [-0.05, 0) is 99.5 Å². The second-order valence-corrected chi connectivity index (χ2v) is 14.3. The van der Waals surface area contributed by atoms with Crippen LogP contribution in [0.5, 0.6) is 0 Å². The average molecular weight is 630 g/mol. The summed E-state index contributed by atoms with van der Waals surface area (Å²) in [6.45, 7) is 7.05. The van der Waals surface area contributed by atoms with Gasteiger partial charge in [0.25, 0.3) is 0 Å². The van der Waals surface area contributed by atoms with E-state index in [4.69, 9.17) is 4.42 Å². The number of furan rings is 1. The molecule has 0 N–H and O–H groups in total. The van der Waals surface area contributed by atoms with Crippen molar-refractivity contribution in [3.8, 4) is 22.3 Å². The van der Waals surface area contributed by atoms with Crippen molar-refractivity contribution >= 4 is 39.0 Å². The topological polar surface area (TPSA) is 16.4 Å². The minimum atomic E-state index is -0.270. The Hall–Kier alpha value is -5.86. The third-order valence-corrected chi connectivity index (χ3v) is 11.4. The fourth-order valence-corrected chi connectivity index (χ4v) is 8.87. The zero-order chi connectivity index (χ0) is 32.9. The minimum absolute atomic E-state index is 0.0976. The third kappa shape index (κ3) is 3.83. The number of hydrogen-bond donors (Lipinski definition) is 0. The van der Waals surface area contributed by atoms with Gasteiger partial charge in [0.1, 0.15) is 5.58 Å². The summed E-state index contributed by atoms with van der Waals surface area (Å²) in [5, 5.41) is 2.25. The van der Waals surface area contributed by atoms with Gasteiger partial charge >= 0.3 is 0 Å². The molecule has 49 heavy (non-hydrogen) atoms. The molecule has 2 nitrogen and oxygen atoms in total. The average Bonchev–Trinajstić information content (AvgIpc) is 3.73. The first kappa shape index (κ1) is 28.2. The maximum absolute atomic E-state index is 6.84. The predicted molar refractivity (Wildman–Crippen MR) is 203 cm³/mol. The Bertz CT molecular complexity index is 2560. The molecule has 0 spiro atoms. The molecule has 2 aliphatic carbocycles. The van der Waals surface area contributed by atoms with E-state index in [2.05, 4.69) is 183 Å². The van der Waals surface area contributed by atoms with Gasteiger partial charge in [-0.2, -0.15) is 0 Å². The first-order valence-electron chi connectivity index (χ1n) is 17.2. The van der Waals surface area contributed by atoms with Gasteiger partial charge in [0.05, 0.1) is 5.69 Å². The lowest BCUT2D eigenvalue weighted by atomic mass is 9.74. The van der Waals surface area contributed by atoms with Gasteiger partial charge in [-0.15, -0.1) is 0 Å². The summed E-state index contributed by atoms with van der Waals surface area (Å²) in [5.74, 6) is 0. The van der Waals surface area contributed by atoms with Crippen LogP contribution in [0.4, 0.5) is 17.1 Å². The number of anilines is 3. The number of rotatable bonds is 4. The summed E-state index contributed by atoms with van der Waals surface area (Å²) >= 11 is 0. The molecule has 8 aromatic rings. The van der Waals surface area contributed by atoms with E-state index in [-0.39, 0.29) is 10.8 Å². The molecule has 1 aromatic heterocycles. The zero-order valence-corrected chi connectivity index (χ0v) is 27.9. The van der Waals surface area contributed by atoms with Gasteiger partial charge in [0, 0.05) is 33.0 Å². The quantitative estimate of drug-likeness (QED) is 0.193. The van der Waals surface area contributed by atoms with Crippen molar-refractivity contribution in [3.63, 3.8) is 0 Å². The predicted octanol–water partition coefficient (Wildman–Crippen LogP) is 12.7. The molecule has 0 unspecified atom stereocenters. The van der Waals surface area contributed by atoms with Crippen LogP contribution in [0.15, 0.2) is 162 Å². The Morgan fingerprint density at radius 2 is 1.06 bits per heavy atom. The summed E-state index contributed by atoms with van der Waals surface area (Å²) in [5.41, 5.74) is 16.6. The van der Waals surface area contributed by atoms with Crippen LogP contribution in [0.1, 0.15) is 48.6 Å². The molecule has 0 amide bonds. The molecule has 2 heteroatoms. The Morgan fingerprint density at radius 1 is 0.449 bits per heavy atom. The highest BCUT2D eigenvalue weighted by atomic mass is 16.3. The van der Waals surface area contributed by atoms with Gasteiger partial charge < -0.3 is 9.32 Å². The van der Waals surface area contributed by atoms with Gasteiger partial charge in [0.2, 0.25) is 0 Å². The van der Waals surface area contributed by atoms with Gasteiger partial charge in [-0.1, -0.05) is 129 Å². The van der Waals surface area contributed by atoms with Gasteiger partial charge in [-0.3, -0.25) is 0 Å². The van der Waals surface area contributed by atoms with Crippen molar-refractivity contribution in [2.75, 3.05) is 4.90 Å². The van der Waals surface area contributed by atoms with Crippen LogP contribution in [0.3, 0.4) is 0 Å². The van der Waals surface area contributed by atoms with Crippen LogP contribution < -0.4 is 4.90 Å². The van der Waals surface area contributed by atoms with Crippen LogP contribution in [0.25, 0.3) is 44.2 Å². The monoisotopic (exact) mass is 629 g/mol. The maximum atomic E-state index is 6.84. The van der Waals surface area contributed by atoms with Crippen molar-refractivity contribution in [1.29, 1.82) is 0 Å². The van der Waals surface area contributed by atoms with Crippen LogP contribution in [0, 0.1) is 0 Å². The van der Waals surface area contributed by atoms with Crippen molar-refractivity contribution in [2.24, 2.45) is 0 Å². The molecular weight excluding hydrogens is 595 g/mol. The van der Waals surface area contributed by atoms with E-state index in [0.717, 1.165) is 39.0 Å². The van der Waals surface area contributed by atoms with Crippen molar-refractivity contribution in [2.45, 2.75) is 31.6 Å². The van der Waals surface area contributed by atoms with Crippen molar-refractivity contribution < 1.29 is 4.42 Å². The van der Waals surface area contributed by atoms with E-state index in [1.807, 2.05) is 0 Å². The minimum Gasteiger partial charge on any atom is -0.454 e. The van der Waals surface area contributed by atoms with Crippen molar-refractivity contribution in [3.05, 3.63) is 186 Å². The highest BCUT2D eigenvalue weighted by Crippen LogP contribution is 2.54. The molecule has 0 bridgehead atoms. The lowest BCUT2D eigenvalue weighted by Gasteiger charge is -2.28. The molecule has 2 aliphatic rings. The molecule has 0 atom stereocenters. The van der Waals surface area contributed by atoms with Crippen LogP contribution >= 0.6 is 0 Å². The fraction of sp³-hybridized carbons (Fsp3) is 0.106. The molecule has 0 fully saturated rings. The molecule has 0 radical (unpaired) electrons. The standard InChI is InChI=1S/C47H35NO/c1-46(2)39-20-10-7-16-33(39)36-26-25-32(29-42(36)46)48(31-14-5-4-6-15-31)43-23-13-19-37-38-28-30(24-27-44(38)49-45(37)43)47(3)40-21-11-8-17-34(40)35-18-9-12-22-41(35)47/h4-29H,1-3H3. The highest BCUT2D eigenvalue weighted by molar-refractivity contribution is 6.10. The summed E-state index contributed by atoms with van der Waals surface area (Å²) in [6, 6.07) is 57.5. The summed E-state index contributed by atoms with van der Waals surface area (Å²) in [4.78, 5) is 2.36. The maximum Gasteiger partial charge on any atom is 0.159 e. The van der Waals surface area contributed by atoms with E-state index >= 15 is 0 Å². The van der Waals surface area contributed by atoms with E-state index in [1.54, 1.807) is 0 Å². The summed E-state index contributed by atoms with van der Waals surface area (Å²) < 4.78 is 6.84. The number of benzene rings is 7. The molecule has 0 saturated heterocycles. The lowest BCUT2D eigenvalue weighted by Crippen LogP contribution is -2.22. The van der Waals surface area contributed by atoms with E-state index < -0.39 is 0 Å². The second-order valence-electron chi connectivity index (χ2n) is 14.3. The largest absolute Gasteiger partial charge is 0.454 e. The zero-order valence-electron chi connectivity index (χ0n) is 27.9. The second kappa shape index (κ2) is 10.1. The van der Waals surface area contributed by atoms with E-state index in [0.29, 0.717) is 0 Å². The third-order valence-electron chi connectivity index (χ3n) is 11.4. The molecule has 234 valence electrons. The highest BCUT2D eigenvalue weighted by Gasteiger charge is 2.41. The molecule has 1 heterocycles. The fourth-order valence-electron chi connectivity index (χ4n) is 8.87. The van der Waals surface area contributed by atoms with Crippen LogP contribution in [0.2, 0.25) is 0 Å². The first-order chi connectivity index (χ1) is 23.9. The molecular formula is C47H35NO. The molecule has 0 aliphatic heterocycles. The number of para-hydroxylation sites is 2. The Kier molecular flexibility index (Phi) is 5.79. The number of fused-ring (bicyclic) bond motifs is 9. The Balaban J connectivity index is 1.17. The SMILES string of the molecule is CC1(C)c2ccccc2-c2ccc(N(c3ccccc3)c3cccc4c3oc3ccc(C5(C)c6ccccc6-c6ccccc65)cc34)cc21. The van der Waals surface area contributed by atoms with E-state index in [9.17, 15) is 0 Å². The molecule has 0 saturated carbocycles. The van der Waals surface area contributed by atoms with E-state index in [1.165, 1.54) is 50.1 Å². The number of hydrogen-bond acceptors (Lipinski definition) is 2. The summed E-state index contributed by atoms with van der Waals surface area (Å²) in [7, 11) is 0. The van der Waals surface area contributed by atoms with Crippen LogP contribution in [-0.2, 0) is 10.8 Å². The lowest BCUT2D eigenvalue weighted by molar-refractivity contribution is 0.660. The smallest absolute Gasteiger partial charge is 0.159 e. The first-order valence-corrected chi connectivity index (χ1v) is 17.2. The van der Waals surface area contributed by atoms with Crippen LogP contribution in [-0.4, -0.2) is 0 Å².